The molecule has 4 nitrogen and oxygen atoms in total. The summed E-state index contributed by atoms with van der Waals surface area (Å²) in [7, 11) is 0. The molecule has 1 heterocycles. The Morgan fingerprint density at radius 2 is 1.48 bits per heavy atom. The van der Waals surface area contributed by atoms with Gasteiger partial charge in [-0.2, -0.15) is 0 Å². The normalized spacial score (nSPS) is 11.4. The van der Waals surface area contributed by atoms with Crippen LogP contribution in [0.1, 0.15) is 6.92 Å². The molecule has 3 aromatic carbocycles. The average Bonchev–Trinajstić information content (AvgIpc) is 3.07. The maximum absolute atomic E-state index is 5.79. The second-order valence-electron chi connectivity index (χ2n) is 6.67. The fourth-order valence-electron chi connectivity index (χ4n) is 3.50. The minimum atomic E-state index is 0.523. The van der Waals surface area contributed by atoms with Gasteiger partial charge in [0.1, 0.15) is 12.4 Å². The van der Waals surface area contributed by atoms with Crippen molar-refractivity contribution in [2.75, 3.05) is 33.0 Å². The van der Waals surface area contributed by atoms with Crippen LogP contribution in [-0.4, -0.2) is 37.6 Å². The van der Waals surface area contributed by atoms with Gasteiger partial charge in [-0.25, -0.2) is 0 Å². The quantitative estimate of drug-likeness (QED) is 0.292. The molecule has 1 aromatic heterocycles. The molecular formula is C24H24BrNO3. The van der Waals surface area contributed by atoms with E-state index in [0.717, 1.165) is 22.5 Å². The van der Waals surface area contributed by atoms with E-state index in [-0.39, 0.29) is 0 Å². The van der Waals surface area contributed by atoms with Crippen molar-refractivity contribution in [2.24, 2.45) is 0 Å². The number of nitrogens with zero attached hydrogens (tertiary/aromatic N) is 1. The Morgan fingerprint density at radius 3 is 2.31 bits per heavy atom. The van der Waals surface area contributed by atoms with Crippen LogP contribution in [0.4, 0.5) is 0 Å². The van der Waals surface area contributed by atoms with Gasteiger partial charge < -0.3 is 18.8 Å². The monoisotopic (exact) mass is 453 g/mol. The fourth-order valence-corrected chi connectivity index (χ4v) is 3.86. The predicted molar refractivity (Wildman–Crippen MR) is 121 cm³/mol. The van der Waals surface area contributed by atoms with Crippen LogP contribution in [0.2, 0.25) is 0 Å². The maximum Gasteiger partial charge on any atom is 0.119 e. The van der Waals surface area contributed by atoms with Crippen LogP contribution in [-0.2, 0) is 9.47 Å². The van der Waals surface area contributed by atoms with Gasteiger partial charge in [0.05, 0.1) is 30.9 Å². The second kappa shape index (κ2) is 9.44. The first kappa shape index (κ1) is 20.0. The summed E-state index contributed by atoms with van der Waals surface area (Å²) in [4.78, 5) is 0. The Bertz CT molecular complexity index is 1090. The molecule has 150 valence electrons. The molecule has 4 aromatic rings. The van der Waals surface area contributed by atoms with E-state index in [9.17, 15) is 0 Å². The van der Waals surface area contributed by atoms with Gasteiger partial charge in [0.25, 0.3) is 0 Å². The Labute approximate surface area is 179 Å². The zero-order chi connectivity index (χ0) is 20.1. The Hall–Kier alpha value is -2.34. The standard InChI is InChI=1S/C24H24BrNO3/c1-2-27-13-14-28-15-16-29-20-10-8-19(9-11-20)26-23-6-4-3-5-21(23)22-17-18(25)7-12-24(22)26/h3-12,17H,2,13-16H2,1H3. The molecule has 0 spiro atoms. The smallest absolute Gasteiger partial charge is 0.119 e. The number of rotatable bonds is 9. The second-order valence-corrected chi connectivity index (χ2v) is 7.58. The highest BCUT2D eigenvalue weighted by Gasteiger charge is 2.12. The van der Waals surface area contributed by atoms with Gasteiger partial charge in [-0.15, -0.1) is 0 Å². The lowest BCUT2D eigenvalue weighted by Gasteiger charge is -2.10. The molecule has 0 N–H and O–H groups in total. The molecule has 0 fully saturated rings. The van der Waals surface area contributed by atoms with Gasteiger partial charge in [-0.1, -0.05) is 34.1 Å². The zero-order valence-electron chi connectivity index (χ0n) is 16.4. The van der Waals surface area contributed by atoms with Crippen LogP contribution in [0.15, 0.2) is 71.2 Å². The van der Waals surface area contributed by atoms with Gasteiger partial charge in [0.2, 0.25) is 0 Å². The average molecular weight is 454 g/mol. The summed E-state index contributed by atoms with van der Waals surface area (Å²) in [5, 5.41) is 2.48. The van der Waals surface area contributed by atoms with Gasteiger partial charge in [-0.05, 0) is 55.5 Å². The number of hydrogen-bond donors (Lipinski definition) is 0. The molecular weight excluding hydrogens is 430 g/mol. The number of aromatic nitrogens is 1. The van der Waals surface area contributed by atoms with Crippen LogP contribution in [0.25, 0.3) is 27.5 Å². The third-order valence-electron chi connectivity index (χ3n) is 4.80. The molecule has 0 aliphatic carbocycles. The molecule has 0 saturated carbocycles. The first-order valence-corrected chi connectivity index (χ1v) is 10.6. The first-order chi connectivity index (χ1) is 14.3. The summed E-state index contributed by atoms with van der Waals surface area (Å²) >= 11 is 3.60. The fraction of sp³-hybridized carbons (Fsp3) is 0.250. The number of benzene rings is 3. The predicted octanol–water partition coefficient (Wildman–Crippen LogP) is 5.98. The largest absolute Gasteiger partial charge is 0.491 e. The van der Waals surface area contributed by atoms with E-state index in [1.165, 1.54) is 21.8 Å². The van der Waals surface area contributed by atoms with Gasteiger partial charge >= 0.3 is 0 Å². The van der Waals surface area contributed by atoms with Crippen LogP contribution < -0.4 is 4.74 Å². The Balaban J connectivity index is 1.51. The number of ether oxygens (including phenoxy) is 3. The lowest BCUT2D eigenvalue weighted by Crippen LogP contribution is -2.10. The molecule has 0 unspecified atom stereocenters. The van der Waals surface area contributed by atoms with Crippen molar-refractivity contribution in [3.8, 4) is 11.4 Å². The number of halogens is 1. The van der Waals surface area contributed by atoms with E-state index < -0.39 is 0 Å². The lowest BCUT2D eigenvalue weighted by atomic mass is 10.2. The number of fused-ring (bicyclic) bond motifs is 3. The summed E-state index contributed by atoms with van der Waals surface area (Å²) in [6, 6.07) is 23.1. The van der Waals surface area contributed by atoms with E-state index in [0.29, 0.717) is 26.4 Å². The molecule has 4 rings (SSSR count). The zero-order valence-corrected chi connectivity index (χ0v) is 18.0. The van der Waals surface area contributed by atoms with Crippen molar-refractivity contribution in [3.63, 3.8) is 0 Å². The molecule has 5 heteroatoms. The Kier molecular flexibility index (Phi) is 6.49. The lowest BCUT2D eigenvalue weighted by molar-refractivity contribution is 0.0405. The molecule has 0 radical (unpaired) electrons. The summed E-state index contributed by atoms with van der Waals surface area (Å²) in [5.74, 6) is 0.839. The highest BCUT2D eigenvalue weighted by molar-refractivity contribution is 9.10. The third kappa shape index (κ3) is 4.47. The Morgan fingerprint density at radius 1 is 0.759 bits per heavy atom. The van der Waals surface area contributed by atoms with Crippen molar-refractivity contribution >= 4 is 37.7 Å². The molecule has 0 aliphatic heterocycles. The van der Waals surface area contributed by atoms with Crippen LogP contribution >= 0.6 is 15.9 Å². The van der Waals surface area contributed by atoms with E-state index in [1.54, 1.807) is 0 Å². The molecule has 0 saturated heterocycles. The van der Waals surface area contributed by atoms with Gasteiger partial charge in [0.15, 0.2) is 0 Å². The van der Waals surface area contributed by atoms with Gasteiger partial charge in [0, 0.05) is 27.5 Å². The van der Waals surface area contributed by atoms with Crippen molar-refractivity contribution in [2.45, 2.75) is 6.92 Å². The van der Waals surface area contributed by atoms with Gasteiger partial charge in [-0.3, -0.25) is 0 Å². The van der Waals surface area contributed by atoms with Crippen LogP contribution in [0.5, 0.6) is 5.75 Å². The van der Waals surface area contributed by atoms with Crippen molar-refractivity contribution < 1.29 is 14.2 Å². The molecule has 0 atom stereocenters. The first-order valence-electron chi connectivity index (χ1n) is 9.85. The van der Waals surface area contributed by atoms with E-state index in [1.807, 2.05) is 19.1 Å². The number of hydrogen-bond acceptors (Lipinski definition) is 3. The highest BCUT2D eigenvalue weighted by Crippen LogP contribution is 2.33. The summed E-state index contributed by atoms with van der Waals surface area (Å²) in [6.07, 6.45) is 0. The minimum absolute atomic E-state index is 0.523. The topological polar surface area (TPSA) is 32.6 Å². The van der Waals surface area contributed by atoms with Crippen molar-refractivity contribution in [1.29, 1.82) is 0 Å². The van der Waals surface area contributed by atoms with E-state index >= 15 is 0 Å². The van der Waals surface area contributed by atoms with Crippen LogP contribution in [0, 0.1) is 0 Å². The third-order valence-corrected chi connectivity index (χ3v) is 5.30. The highest BCUT2D eigenvalue weighted by atomic mass is 79.9. The molecule has 0 aliphatic rings. The molecule has 29 heavy (non-hydrogen) atoms. The SMILES string of the molecule is CCOCCOCCOc1ccc(-n2c3ccccc3c3cc(Br)ccc32)cc1. The molecule has 0 bridgehead atoms. The van der Waals surface area contributed by atoms with E-state index in [2.05, 4.69) is 75.1 Å². The summed E-state index contributed by atoms with van der Waals surface area (Å²) < 4.78 is 19.9. The van der Waals surface area contributed by atoms with Crippen molar-refractivity contribution in [1.82, 2.24) is 4.57 Å². The molecule has 0 amide bonds. The summed E-state index contributed by atoms with van der Waals surface area (Å²) in [5.41, 5.74) is 3.49. The van der Waals surface area contributed by atoms with Crippen molar-refractivity contribution in [3.05, 3.63) is 71.2 Å². The summed E-state index contributed by atoms with van der Waals surface area (Å²) in [6.45, 7) is 4.99. The minimum Gasteiger partial charge on any atom is -0.491 e. The van der Waals surface area contributed by atoms with Crippen LogP contribution in [0.3, 0.4) is 0 Å². The number of para-hydroxylation sites is 1. The maximum atomic E-state index is 5.79. The van der Waals surface area contributed by atoms with E-state index in [4.69, 9.17) is 14.2 Å².